The van der Waals surface area contributed by atoms with Crippen molar-refractivity contribution in [1.29, 1.82) is 0 Å². The van der Waals surface area contributed by atoms with Gasteiger partial charge >= 0.3 is 12.1 Å². The van der Waals surface area contributed by atoms with Crippen LogP contribution in [0.4, 0.5) is 4.79 Å². The molecule has 0 spiro atoms. The fourth-order valence-corrected chi connectivity index (χ4v) is 1.69. The van der Waals surface area contributed by atoms with Gasteiger partial charge in [-0.3, -0.25) is 4.79 Å². The SMILES string of the molecule is CC(C)(C)OC(=O)OC(=O)C1CCCNCC1. The van der Waals surface area contributed by atoms with E-state index in [-0.39, 0.29) is 5.92 Å². The minimum absolute atomic E-state index is 0.197. The van der Waals surface area contributed by atoms with Crippen molar-refractivity contribution in [3.05, 3.63) is 0 Å². The summed E-state index contributed by atoms with van der Waals surface area (Å²) < 4.78 is 9.63. The Morgan fingerprint density at radius 2 is 1.88 bits per heavy atom. The molecule has 17 heavy (non-hydrogen) atoms. The highest BCUT2D eigenvalue weighted by atomic mass is 16.7. The average molecular weight is 243 g/mol. The first-order valence-electron chi connectivity index (χ1n) is 6.04. The minimum atomic E-state index is -0.903. The van der Waals surface area contributed by atoms with Crippen molar-refractivity contribution < 1.29 is 19.1 Å². The zero-order valence-electron chi connectivity index (χ0n) is 10.7. The average Bonchev–Trinajstić information content (AvgIpc) is 2.41. The van der Waals surface area contributed by atoms with Crippen molar-refractivity contribution in [3.8, 4) is 0 Å². The Bertz CT molecular complexity index is 275. The van der Waals surface area contributed by atoms with Crippen LogP contribution in [0.2, 0.25) is 0 Å². The Kier molecular flexibility index (Phi) is 4.93. The molecule has 0 bridgehead atoms. The van der Waals surface area contributed by atoms with Crippen LogP contribution in [0.25, 0.3) is 0 Å². The van der Waals surface area contributed by atoms with Crippen molar-refractivity contribution in [2.24, 2.45) is 5.92 Å². The Balaban J connectivity index is 2.39. The van der Waals surface area contributed by atoms with Gasteiger partial charge in [0.15, 0.2) is 0 Å². The molecule has 1 heterocycles. The van der Waals surface area contributed by atoms with Gasteiger partial charge in [0.2, 0.25) is 0 Å². The van der Waals surface area contributed by atoms with Gasteiger partial charge < -0.3 is 14.8 Å². The van der Waals surface area contributed by atoms with Gasteiger partial charge in [-0.05, 0) is 53.1 Å². The molecule has 5 heteroatoms. The number of hydrogen-bond acceptors (Lipinski definition) is 5. The van der Waals surface area contributed by atoms with Crippen LogP contribution in [0.15, 0.2) is 0 Å². The van der Waals surface area contributed by atoms with E-state index in [0.29, 0.717) is 6.42 Å². The largest absolute Gasteiger partial charge is 0.516 e. The summed E-state index contributed by atoms with van der Waals surface area (Å²) in [4.78, 5) is 23.0. The summed E-state index contributed by atoms with van der Waals surface area (Å²) in [5, 5.41) is 3.20. The predicted molar refractivity (Wildman–Crippen MR) is 62.5 cm³/mol. The van der Waals surface area contributed by atoms with Crippen LogP contribution < -0.4 is 5.32 Å². The third-order valence-corrected chi connectivity index (χ3v) is 2.48. The number of esters is 1. The molecule has 1 aliphatic rings. The van der Waals surface area contributed by atoms with Crippen molar-refractivity contribution in [2.75, 3.05) is 13.1 Å². The first kappa shape index (κ1) is 14.0. The third kappa shape index (κ3) is 5.68. The summed E-state index contributed by atoms with van der Waals surface area (Å²) in [6, 6.07) is 0. The quantitative estimate of drug-likeness (QED) is 0.562. The molecule has 1 saturated heterocycles. The third-order valence-electron chi connectivity index (χ3n) is 2.48. The van der Waals surface area contributed by atoms with Crippen molar-refractivity contribution >= 4 is 12.1 Å². The standard InChI is InChI=1S/C12H21NO4/c1-12(2,3)17-11(15)16-10(14)9-5-4-7-13-8-6-9/h9,13H,4-8H2,1-3H3. The summed E-state index contributed by atoms with van der Waals surface area (Å²) in [7, 11) is 0. The molecular formula is C12H21NO4. The molecule has 0 aromatic rings. The van der Waals surface area contributed by atoms with Gasteiger partial charge in [-0.2, -0.15) is 0 Å². The van der Waals surface area contributed by atoms with Gasteiger partial charge in [0.05, 0.1) is 5.92 Å². The number of ether oxygens (including phenoxy) is 2. The molecule has 0 saturated carbocycles. The van der Waals surface area contributed by atoms with Crippen LogP contribution >= 0.6 is 0 Å². The lowest BCUT2D eigenvalue weighted by atomic mass is 10.0. The number of hydrogen-bond donors (Lipinski definition) is 1. The van der Waals surface area contributed by atoms with Gasteiger partial charge in [-0.25, -0.2) is 4.79 Å². The molecule has 98 valence electrons. The molecular weight excluding hydrogens is 222 g/mol. The smallest absolute Gasteiger partial charge is 0.428 e. The Morgan fingerprint density at radius 1 is 1.18 bits per heavy atom. The van der Waals surface area contributed by atoms with Crippen LogP contribution in [0, 0.1) is 5.92 Å². The Morgan fingerprint density at radius 3 is 2.53 bits per heavy atom. The van der Waals surface area contributed by atoms with E-state index in [2.05, 4.69) is 5.32 Å². The maximum Gasteiger partial charge on any atom is 0.516 e. The zero-order chi connectivity index (χ0) is 12.9. The normalized spacial score (nSPS) is 21.5. The zero-order valence-corrected chi connectivity index (χ0v) is 10.7. The lowest BCUT2D eigenvalue weighted by molar-refractivity contribution is -0.146. The van der Waals surface area contributed by atoms with Gasteiger partial charge in [0.1, 0.15) is 5.60 Å². The lowest BCUT2D eigenvalue weighted by Gasteiger charge is -2.19. The Labute approximate surface area is 102 Å². The topological polar surface area (TPSA) is 64.6 Å². The first-order valence-corrected chi connectivity index (χ1v) is 6.04. The van der Waals surface area contributed by atoms with Gasteiger partial charge in [-0.15, -0.1) is 0 Å². The minimum Gasteiger partial charge on any atom is -0.428 e. The molecule has 0 amide bonds. The summed E-state index contributed by atoms with van der Waals surface area (Å²) in [6.45, 7) is 6.89. The molecule has 1 N–H and O–H groups in total. The van der Waals surface area contributed by atoms with Crippen LogP contribution in [0.5, 0.6) is 0 Å². The van der Waals surface area contributed by atoms with Gasteiger partial charge in [0, 0.05) is 0 Å². The summed E-state index contributed by atoms with van der Waals surface area (Å²) in [5.74, 6) is -0.666. The van der Waals surface area contributed by atoms with Crippen LogP contribution in [0.3, 0.4) is 0 Å². The predicted octanol–water partition coefficient (Wildman–Crippen LogP) is 1.85. The molecule has 1 aliphatic heterocycles. The van der Waals surface area contributed by atoms with E-state index in [9.17, 15) is 9.59 Å². The van der Waals surface area contributed by atoms with Crippen molar-refractivity contribution in [3.63, 3.8) is 0 Å². The second kappa shape index (κ2) is 6.00. The molecule has 0 radical (unpaired) electrons. The molecule has 1 fully saturated rings. The molecule has 1 unspecified atom stereocenters. The summed E-state index contributed by atoms with van der Waals surface area (Å²) in [6.07, 6.45) is 1.49. The highest BCUT2D eigenvalue weighted by Crippen LogP contribution is 2.16. The van der Waals surface area contributed by atoms with Crippen LogP contribution in [-0.2, 0) is 14.3 Å². The number of carbonyl (C=O) groups excluding carboxylic acids is 2. The first-order chi connectivity index (χ1) is 7.88. The van der Waals surface area contributed by atoms with Crippen molar-refractivity contribution in [1.82, 2.24) is 5.32 Å². The molecule has 1 rings (SSSR count). The molecule has 0 aromatic heterocycles. The van der Waals surface area contributed by atoms with Crippen molar-refractivity contribution in [2.45, 2.75) is 45.6 Å². The highest BCUT2D eigenvalue weighted by molar-refractivity contribution is 5.83. The number of rotatable bonds is 1. The molecule has 0 aromatic carbocycles. The maximum atomic E-state index is 11.7. The highest BCUT2D eigenvalue weighted by Gasteiger charge is 2.26. The Hall–Kier alpha value is -1.10. The maximum absolute atomic E-state index is 11.7. The van der Waals surface area contributed by atoms with E-state index < -0.39 is 17.7 Å². The summed E-state index contributed by atoms with van der Waals surface area (Å²) >= 11 is 0. The van der Waals surface area contributed by atoms with E-state index in [1.165, 1.54) is 0 Å². The summed E-state index contributed by atoms with van der Waals surface area (Å²) in [5.41, 5.74) is -0.637. The second-order valence-corrected chi connectivity index (χ2v) is 5.26. The van der Waals surface area contributed by atoms with Crippen LogP contribution in [0.1, 0.15) is 40.0 Å². The lowest BCUT2D eigenvalue weighted by Crippen LogP contribution is -2.28. The van der Waals surface area contributed by atoms with E-state index >= 15 is 0 Å². The molecule has 5 nitrogen and oxygen atoms in total. The fraction of sp³-hybridized carbons (Fsp3) is 0.833. The van der Waals surface area contributed by atoms with E-state index in [4.69, 9.17) is 9.47 Å². The second-order valence-electron chi connectivity index (χ2n) is 5.26. The molecule has 1 atom stereocenters. The molecule has 0 aliphatic carbocycles. The van der Waals surface area contributed by atoms with Gasteiger partial charge in [-0.1, -0.05) is 0 Å². The van der Waals surface area contributed by atoms with E-state index in [1.807, 2.05) is 0 Å². The number of nitrogens with one attached hydrogen (secondary N) is 1. The fourth-order valence-electron chi connectivity index (χ4n) is 1.69. The van der Waals surface area contributed by atoms with Crippen LogP contribution in [-0.4, -0.2) is 30.8 Å². The van der Waals surface area contributed by atoms with E-state index in [0.717, 1.165) is 25.9 Å². The van der Waals surface area contributed by atoms with E-state index in [1.54, 1.807) is 20.8 Å². The van der Waals surface area contributed by atoms with Gasteiger partial charge in [0.25, 0.3) is 0 Å². The monoisotopic (exact) mass is 243 g/mol. The number of carbonyl (C=O) groups is 2.